The molecular formula is C14H15ClFNO. The van der Waals surface area contributed by atoms with Crippen molar-refractivity contribution in [2.45, 2.75) is 44.6 Å². The summed E-state index contributed by atoms with van der Waals surface area (Å²) in [6.07, 6.45) is 5.86. The maximum absolute atomic E-state index is 13.7. The highest BCUT2D eigenvalue weighted by Gasteiger charge is 2.36. The number of hydrogen-bond acceptors (Lipinski definition) is 2. The second-order valence-electron chi connectivity index (χ2n) is 4.73. The van der Waals surface area contributed by atoms with Crippen LogP contribution in [0.2, 0.25) is 5.02 Å². The van der Waals surface area contributed by atoms with Crippen LogP contribution in [0.1, 0.15) is 43.7 Å². The second kappa shape index (κ2) is 5.21. The molecule has 0 aliphatic heterocycles. The number of aliphatic imine (C=N–C) groups is 1. The first-order valence-electron chi connectivity index (χ1n) is 6.20. The fraction of sp³-hybridized carbons (Fsp3) is 0.500. The highest BCUT2D eigenvalue weighted by Crippen LogP contribution is 2.43. The average Bonchev–Trinajstić information content (AvgIpc) is 2.82. The molecule has 1 aromatic rings. The van der Waals surface area contributed by atoms with Crippen LogP contribution in [0.3, 0.4) is 0 Å². The molecule has 0 heterocycles. The summed E-state index contributed by atoms with van der Waals surface area (Å²) in [5.41, 5.74) is 0.875. The first-order valence-corrected chi connectivity index (χ1v) is 6.58. The number of hydrogen-bond donors (Lipinski definition) is 0. The molecule has 2 nitrogen and oxygen atoms in total. The zero-order chi connectivity index (χ0) is 13.2. The Morgan fingerprint density at radius 2 is 2.11 bits per heavy atom. The summed E-state index contributed by atoms with van der Waals surface area (Å²) in [6, 6.07) is 3.38. The number of halogens is 2. The van der Waals surface area contributed by atoms with Gasteiger partial charge in [-0.25, -0.2) is 9.18 Å². The highest BCUT2D eigenvalue weighted by atomic mass is 35.5. The number of rotatable bonds is 3. The molecule has 0 saturated heterocycles. The normalized spacial score (nSPS) is 17.5. The van der Waals surface area contributed by atoms with Crippen LogP contribution in [0.4, 0.5) is 4.39 Å². The van der Waals surface area contributed by atoms with Gasteiger partial charge in [-0.2, -0.15) is 4.99 Å². The van der Waals surface area contributed by atoms with Crippen LogP contribution in [0.15, 0.2) is 17.1 Å². The van der Waals surface area contributed by atoms with Gasteiger partial charge in [0.1, 0.15) is 5.82 Å². The van der Waals surface area contributed by atoms with Gasteiger partial charge in [0.2, 0.25) is 6.08 Å². The smallest absolute Gasteiger partial charge is 0.211 e. The minimum atomic E-state index is -0.539. The lowest BCUT2D eigenvalue weighted by molar-refractivity contribution is 0.454. The van der Waals surface area contributed by atoms with Crippen LogP contribution in [-0.2, 0) is 16.8 Å². The van der Waals surface area contributed by atoms with Crippen LogP contribution in [0.5, 0.6) is 0 Å². The average molecular weight is 268 g/mol. The molecular weight excluding hydrogens is 253 g/mol. The van der Waals surface area contributed by atoms with Crippen molar-refractivity contribution in [3.8, 4) is 0 Å². The van der Waals surface area contributed by atoms with Crippen LogP contribution < -0.4 is 0 Å². The summed E-state index contributed by atoms with van der Waals surface area (Å²) < 4.78 is 13.7. The van der Waals surface area contributed by atoms with E-state index < -0.39 is 5.54 Å². The maximum Gasteiger partial charge on any atom is 0.235 e. The number of isocyanates is 1. The zero-order valence-electron chi connectivity index (χ0n) is 10.3. The van der Waals surface area contributed by atoms with Crippen LogP contribution in [-0.4, -0.2) is 6.08 Å². The molecule has 0 aromatic heterocycles. The molecule has 1 aliphatic rings. The molecule has 1 saturated carbocycles. The summed E-state index contributed by atoms with van der Waals surface area (Å²) in [7, 11) is 0. The number of carbonyl (C=O) groups excluding carboxylic acids is 1. The molecule has 1 aromatic carbocycles. The van der Waals surface area contributed by atoms with E-state index >= 15 is 0 Å². The van der Waals surface area contributed by atoms with Crippen molar-refractivity contribution in [3.63, 3.8) is 0 Å². The lowest BCUT2D eigenvalue weighted by Gasteiger charge is -2.24. The molecule has 0 N–H and O–H groups in total. The monoisotopic (exact) mass is 267 g/mol. The van der Waals surface area contributed by atoms with Gasteiger partial charge >= 0.3 is 0 Å². The van der Waals surface area contributed by atoms with Crippen molar-refractivity contribution in [2.24, 2.45) is 4.99 Å². The molecule has 96 valence electrons. The van der Waals surface area contributed by atoms with E-state index in [9.17, 15) is 9.18 Å². The Morgan fingerprint density at radius 3 is 2.67 bits per heavy atom. The fourth-order valence-electron chi connectivity index (χ4n) is 2.68. The predicted molar refractivity (Wildman–Crippen MR) is 69.1 cm³/mol. The molecule has 0 bridgehead atoms. The molecule has 1 aliphatic carbocycles. The van der Waals surface area contributed by atoms with Crippen molar-refractivity contribution in [1.29, 1.82) is 0 Å². The van der Waals surface area contributed by atoms with E-state index in [1.54, 1.807) is 18.2 Å². The first-order chi connectivity index (χ1) is 8.63. The summed E-state index contributed by atoms with van der Waals surface area (Å²) in [5.74, 6) is -0.369. The van der Waals surface area contributed by atoms with Crippen LogP contribution in [0, 0.1) is 5.82 Å². The summed E-state index contributed by atoms with van der Waals surface area (Å²) in [4.78, 5) is 14.6. The third-order valence-corrected chi connectivity index (χ3v) is 3.99. The lowest BCUT2D eigenvalue weighted by atomic mass is 9.87. The van der Waals surface area contributed by atoms with E-state index in [0.717, 1.165) is 31.2 Å². The summed E-state index contributed by atoms with van der Waals surface area (Å²) in [6.45, 7) is 1.88. The predicted octanol–water partition coefficient (Wildman–Crippen LogP) is 4.15. The van der Waals surface area contributed by atoms with Crippen molar-refractivity contribution in [2.75, 3.05) is 0 Å². The van der Waals surface area contributed by atoms with Gasteiger partial charge in [-0.15, -0.1) is 0 Å². The largest absolute Gasteiger partial charge is 0.235 e. The molecule has 0 spiro atoms. The van der Waals surface area contributed by atoms with Gasteiger partial charge in [-0.1, -0.05) is 37.4 Å². The quantitative estimate of drug-likeness (QED) is 0.598. The topological polar surface area (TPSA) is 29.4 Å². The Bertz CT molecular complexity index is 503. The van der Waals surface area contributed by atoms with E-state index in [4.69, 9.17) is 11.6 Å². The van der Waals surface area contributed by atoms with Crippen molar-refractivity contribution < 1.29 is 9.18 Å². The molecule has 0 amide bonds. The van der Waals surface area contributed by atoms with E-state index in [0.29, 0.717) is 12.0 Å². The van der Waals surface area contributed by atoms with Gasteiger partial charge in [0.05, 0.1) is 10.6 Å². The Hall–Kier alpha value is -1.18. The molecule has 0 atom stereocenters. The number of aryl methyl sites for hydroxylation is 1. The standard InChI is InChI=1S/C14H15ClFNO/c1-2-10-7-11(8-12(15)13(10)16)14(17-9-18)5-3-4-6-14/h7-8H,2-6H2,1H3. The van der Waals surface area contributed by atoms with Crippen LogP contribution in [0.25, 0.3) is 0 Å². The van der Waals surface area contributed by atoms with E-state index in [-0.39, 0.29) is 10.8 Å². The molecule has 2 rings (SSSR count). The Balaban J connectivity index is 2.55. The van der Waals surface area contributed by atoms with E-state index in [1.165, 1.54) is 0 Å². The Kier molecular flexibility index (Phi) is 3.84. The highest BCUT2D eigenvalue weighted by molar-refractivity contribution is 6.30. The summed E-state index contributed by atoms with van der Waals surface area (Å²) >= 11 is 5.92. The van der Waals surface area contributed by atoms with E-state index in [1.807, 2.05) is 6.92 Å². The molecule has 0 radical (unpaired) electrons. The summed E-state index contributed by atoms with van der Waals surface area (Å²) in [5, 5.41) is 0.108. The van der Waals surface area contributed by atoms with Gasteiger partial charge < -0.3 is 0 Å². The van der Waals surface area contributed by atoms with E-state index in [2.05, 4.69) is 4.99 Å². The fourth-order valence-corrected chi connectivity index (χ4v) is 2.92. The van der Waals surface area contributed by atoms with Gasteiger partial charge in [0.15, 0.2) is 0 Å². The Labute approximate surface area is 111 Å². The van der Waals surface area contributed by atoms with Crippen molar-refractivity contribution >= 4 is 17.7 Å². The third kappa shape index (κ3) is 2.21. The van der Waals surface area contributed by atoms with Gasteiger partial charge in [-0.3, -0.25) is 0 Å². The maximum atomic E-state index is 13.7. The van der Waals surface area contributed by atoms with Crippen molar-refractivity contribution in [1.82, 2.24) is 0 Å². The van der Waals surface area contributed by atoms with Crippen molar-refractivity contribution in [3.05, 3.63) is 34.1 Å². The molecule has 4 heteroatoms. The number of benzene rings is 1. The third-order valence-electron chi connectivity index (χ3n) is 3.71. The minimum absolute atomic E-state index is 0.108. The lowest BCUT2D eigenvalue weighted by Crippen LogP contribution is -2.19. The molecule has 1 fully saturated rings. The molecule has 18 heavy (non-hydrogen) atoms. The zero-order valence-corrected chi connectivity index (χ0v) is 11.1. The Morgan fingerprint density at radius 1 is 1.44 bits per heavy atom. The van der Waals surface area contributed by atoms with Gasteiger partial charge in [0.25, 0.3) is 0 Å². The van der Waals surface area contributed by atoms with Gasteiger partial charge in [-0.05, 0) is 36.5 Å². The molecule has 0 unspecified atom stereocenters. The number of nitrogens with zero attached hydrogens (tertiary/aromatic N) is 1. The minimum Gasteiger partial charge on any atom is -0.211 e. The van der Waals surface area contributed by atoms with Gasteiger partial charge in [0, 0.05) is 0 Å². The van der Waals surface area contributed by atoms with Crippen LogP contribution >= 0.6 is 11.6 Å². The SMILES string of the molecule is CCc1cc(C2(N=C=O)CCCC2)cc(Cl)c1F. The first kappa shape index (κ1) is 13.3. The second-order valence-corrected chi connectivity index (χ2v) is 5.13.